The molecule has 21 heavy (non-hydrogen) atoms. The van der Waals surface area contributed by atoms with Crippen molar-refractivity contribution in [3.63, 3.8) is 0 Å². The zero-order valence-corrected chi connectivity index (χ0v) is 12.0. The molecule has 0 bridgehead atoms. The van der Waals surface area contributed by atoms with E-state index in [4.69, 9.17) is 5.73 Å². The summed E-state index contributed by atoms with van der Waals surface area (Å²) in [6, 6.07) is 5.72. The highest BCUT2D eigenvalue weighted by Gasteiger charge is 2.34. The summed E-state index contributed by atoms with van der Waals surface area (Å²) in [5, 5.41) is 8.73. The van der Waals surface area contributed by atoms with Crippen LogP contribution in [-0.2, 0) is 4.74 Å². The normalized spacial score (nSPS) is 14.9. The average Bonchev–Trinajstić information content (AvgIpc) is 2.89. The Morgan fingerprint density at radius 2 is 2.19 bits per heavy atom. The van der Waals surface area contributed by atoms with Crippen molar-refractivity contribution in [1.29, 1.82) is 0 Å². The summed E-state index contributed by atoms with van der Waals surface area (Å²) in [6.07, 6.45) is 1.43. The maximum atomic E-state index is 11.3. The van der Waals surface area contributed by atoms with Gasteiger partial charge in [0, 0.05) is 24.7 Å². The van der Waals surface area contributed by atoms with Gasteiger partial charge in [-0.2, -0.15) is 15.0 Å². The molecule has 0 unspecified atom stereocenters. The molecule has 1 aliphatic rings. The fraction of sp³-hybridized carbons (Fsp3) is 0.357. The number of likely N-dealkylation sites (tertiary alicyclic amines) is 1. The van der Waals surface area contributed by atoms with E-state index in [2.05, 4.69) is 14.9 Å². The molecule has 2 N–H and O–H groups in total. The van der Waals surface area contributed by atoms with Gasteiger partial charge in [0.05, 0.1) is 24.7 Å². The van der Waals surface area contributed by atoms with Crippen molar-refractivity contribution < 1.29 is 9.53 Å². The lowest BCUT2D eigenvalue weighted by Gasteiger charge is -2.36. The first-order valence-corrected chi connectivity index (χ1v) is 6.70. The van der Waals surface area contributed by atoms with Crippen LogP contribution in [0.2, 0.25) is 0 Å². The molecule has 1 aromatic carbocycles. The van der Waals surface area contributed by atoms with E-state index in [9.17, 15) is 4.79 Å². The van der Waals surface area contributed by atoms with Crippen molar-refractivity contribution in [2.45, 2.75) is 12.8 Å². The molecule has 1 aromatic heterocycles. The topological polar surface area (TPSA) is 86.3 Å². The number of methoxy groups -OCH3 is 1. The summed E-state index contributed by atoms with van der Waals surface area (Å²) in [5.41, 5.74) is 9.34. The first-order valence-electron chi connectivity index (χ1n) is 6.70. The largest absolute Gasteiger partial charge is 0.453 e. The van der Waals surface area contributed by atoms with E-state index in [-0.39, 0.29) is 12.0 Å². The number of benzene rings is 1. The lowest BCUT2D eigenvalue weighted by Crippen LogP contribution is -2.48. The summed E-state index contributed by atoms with van der Waals surface area (Å²) >= 11 is 0. The van der Waals surface area contributed by atoms with Crippen LogP contribution < -0.4 is 5.73 Å². The number of aromatic nitrogens is 3. The lowest BCUT2D eigenvalue weighted by atomic mass is 9.98. The molecule has 7 nitrogen and oxygen atoms in total. The zero-order chi connectivity index (χ0) is 15.0. The molecule has 2 heterocycles. The van der Waals surface area contributed by atoms with Crippen molar-refractivity contribution in [2.24, 2.45) is 0 Å². The molecule has 0 saturated carbocycles. The van der Waals surface area contributed by atoms with Gasteiger partial charge in [-0.1, -0.05) is 6.07 Å². The molecule has 110 valence electrons. The van der Waals surface area contributed by atoms with E-state index in [0.29, 0.717) is 18.8 Å². The Morgan fingerprint density at radius 3 is 2.86 bits per heavy atom. The van der Waals surface area contributed by atoms with E-state index in [0.717, 1.165) is 16.9 Å². The minimum Gasteiger partial charge on any atom is -0.453 e. The number of rotatable bonds is 2. The third kappa shape index (κ3) is 2.42. The van der Waals surface area contributed by atoms with E-state index >= 15 is 0 Å². The van der Waals surface area contributed by atoms with Gasteiger partial charge in [0.25, 0.3) is 0 Å². The van der Waals surface area contributed by atoms with Gasteiger partial charge < -0.3 is 15.4 Å². The van der Waals surface area contributed by atoms with Crippen molar-refractivity contribution in [1.82, 2.24) is 19.9 Å². The minimum absolute atomic E-state index is 0.209. The molecular formula is C14H17N5O2. The van der Waals surface area contributed by atoms with E-state index < -0.39 is 0 Å². The van der Waals surface area contributed by atoms with Crippen LogP contribution in [0.3, 0.4) is 0 Å². The fourth-order valence-corrected chi connectivity index (χ4v) is 2.28. The van der Waals surface area contributed by atoms with E-state index in [1.807, 2.05) is 25.1 Å². The highest BCUT2D eigenvalue weighted by atomic mass is 16.5. The molecule has 0 radical (unpaired) electrons. The molecular weight excluding hydrogens is 270 g/mol. The monoisotopic (exact) mass is 287 g/mol. The predicted octanol–water partition coefficient (Wildman–Crippen LogP) is 1.32. The standard InChI is InChI=1S/C14H17N5O2/c1-9-3-4-11(5-12(9)15)19-16-6-13(17-19)10-7-18(8-10)14(20)21-2/h3-6,10H,7-8,15H2,1-2H3. The van der Waals surface area contributed by atoms with Gasteiger partial charge in [-0.15, -0.1) is 0 Å². The number of aryl methyl sites for hydroxylation is 1. The Balaban J connectivity index is 1.73. The molecule has 7 heteroatoms. The Bertz CT molecular complexity index is 676. The van der Waals surface area contributed by atoms with Crippen molar-refractivity contribution in [3.8, 4) is 5.69 Å². The Kier molecular flexibility index (Phi) is 3.25. The van der Waals surface area contributed by atoms with Gasteiger partial charge >= 0.3 is 6.09 Å². The predicted molar refractivity (Wildman–Crippen MR) is 77.2 cm³/mol. The highest BCUT2D eigenvalue weighted by Crippen LogP contribution is 2.26. The molecule has 1 amide bonds. The van der Waals surface area contributed by atoms with Crippen molar-refractivity contribution >= 4 is 11.8 Å². The number of anilines is 1. The number of nitrogen functional groups attached to an aromatic ring is 1. The molecule has 1 aliphatic heterocycles. The van der Waals surface area contributed by atoms with Crippen LogP contribution in [0.4, 0.5) is 10.5 Å². The zero-order valence-electron chi connectivity index (χ0n) is 12.0. The van der Waals surface area contributed by atoms with Crippen molar-refractivity contribution in [2.75, 3.05) is 25.9 Å². The van der Waals surface area contributed by atoms with Crippen LogP contribution in [-0.4, -0.2) is 46.2 Å². The summed E-state index contributed by atoms with van der Waals surface area (Å²) in [6.45, 7) is 3.18. The van der Waals surface area contributed by atoms with Crippen LogP contribution in [0.15, 0.2) is 24.4 Å². The fourth-order valence-electron chi connectivity index (χ4n) is 2.28. The summed E-state index contributed by atoms with van der Waals surface area (Å²) in [5.74, 6) is 0.209. The summed E-state index contributed by atoms with van der Waals surface area (Å²) in [7, 11) is 1.38. The van der Waals surface area contributed by atoms with Gasteiger partial charge in [-0.05, 0) is 24.6 Å². The van der Waals surface area contributed by atoms with E-state index in [1.54, 1.807) is 15.9 Å². The van der Waals surface area contributed by atoms with Gasteiger partial charge in [0.2, 0.25) is 0 Å². The van der Waals surface area contributed by atoms with Crippen LogP contribution in [0, 0.1) is 6.92 Å². The Labute approximate surface area is 122 Å². The van der Waals surface area contributed by atoms with Crippen LogP contribution >= 0.6 is 0 Å². The smallest absolute Gasteiger partial charge is 0.409 e. The minimum atomic E-state index is -0.301. The number of nitrogens with two attached hydrogens (primary N) is 1. The SMILES string of the molecule is COC(=O)N1CC(c2cnn(-c3ccc(C)c(N)c3)n2)C1. The lowest BCUT2D eigenvalue weighted by molar-refractivity contribution is 0.0872. The highest BCUT2D eigenvalue weighted by molar-refractivity contribution is 5.68. The quantitative estimate of drug-likeness (QED) is 0.842. The van der Waals surface area contributed by atoms with Crippen LogP contribution in [0.25, 0.3) is 5.69 Å². The number of hydrogen-bond acceptors (Lipinski definition) is 5. The Morgan fingerprint density at radius 1 is 1.43 bits per heavy atom. The first kappa shape index (κ1) is 13.4. The summed E-state index contributed by atoms with van der Waals surface area (Å²) in [4.78, 5) is 14.5. The maximum Gasteiger partial charge on any atom is 0.409 e. The second-order valence-electron chi connectivity index (χ2n) is 5.17. The van der Waals surface area contributed by atoms with Crippen LogP contribution in [0.5, 0.6) is 0 Å². The van der Waals surface area contributed by atoms with Gasteiger partial charge in [0.15, 0.2) is 0 Å². The third-order valence-electron chi connectivity index (χ3n) is 3.74. The third-order valence-corrected chi connectivity index (χ3v) is 3.74. The molecule has 0 spiro atoms. The maximum absolute atomic E-state index is 11.3. The van der Waals surface area contributed by atoms with Gasteiger partial charge in [-0.25, -0.2) is 4.79 Å². The number of hydrogen-bond donors (Lipinski definition) is 1. The van der Waals surface area contributed by atoms with Crippen LogP contribution in [0.1, 0.15) is 17.2 Å². The number of ether oxygens (including phenoxy) is 1. The Hall–Kier alpha value is -2.57. The molecule has 1 fully saturated rings. The molecule has 0 aliphatic carbocycles. The number of amides is 1. The molecule has 2 aromatic rings. The number of carbonyl (C=O) groups excluding carboxylic acids is 1. The first-order chi connectivity index (χ1) is 10.1. The average molecular weight is 287 g/mol. The van der Waals surface area contributed by atoms with Gasteiger partial charge in [-0.3, -0.25) is 0 Å². The van der Waals surface area contributed by atoms with Crippen molar-refractivity contribution in [3.05, 3.63) is 35.7 Å². The number of carbonyl (C=O) groups is 1. The second kappa shape index (κ2) is 5.08. The van der Waals surface area contributed by atoms with Gasteiger partial charge in [0.1, 0.15) is 0 Å². The molecule has 3 rings (SSSR count). The molecule has 0 atom stereocenters. The number of nitrogens with zero attached hydrogens (tertiary/aromatic N) is 4. The molecule has 1 saturated heterocycles. The second-order valence-corrected chi connectivity index (χ2v) is 5.17. The summed E-state index contributed by atoms with van der Waals surface area (Å²) < 4.78 is 4.67. The van der Waals surface area contributed by atoms with E-state index in [1.165, 1.54) is 7.11 Å².